The van der Waals surface area contributed by atoms with Gasteiger partial charge in [0.15, 0.2) is 0 Å². The van der Waals surface area contributed by atoms with Gasteiger partial charge >= 0.3 is 0 Å². The van der Waals surface area contributed by atoms with Gasteiger partial charge in [-0.25, -0.2) is 9.97 Å². The molecule has 2 aliphatic rings. The van der Waals surface area contributed by atoms with Crippen LogP contribution in [-0.4, -0.2) is 39.7 Å². The molecular formula is C27H26N4O2. The molecular weight excluding hydrogens is 412 g/mol. The zero-order valence-electron chi connectivity index (χ0n) is 18.3. The predicted octanol–water partition coefficient (Wildman–Crippen LogP) is 4.84. The van der Waals surface area contributed by atoms with Crippen LogP contribution in [0.25, 0.3) is 10.9 Å². The molecule has 2 N–H and O–H groups in total. The molecule has 0 radical (unpaired) electrons. The molecule has 2 unspecified atom stereocenters. The summed E-state index contributed by atoms with van der Waals surface area (Å²) in [7, 11) is 0. The number of aliphatic hydroxyl groups is 1. The highest BCUT2D eigenvalue weighted by atomic mass is 16.5. The average Bonchev–Trinajstić information content (AvgIpc) is 3.33. The highest BCUT2D eigenvalue weighted by Gasteiger charge is 2.54. The van der Waals surface area contributed by atoms with Gasteiger partial charge in [0.2, 0.25) is 0 Å². The van der Waals surface area contributed by atoms with Crippen LogP contribution < -0.4 is 10.1 Å². The number of fused-ring (bicyclic) bond motifs is 2. The van der Waals surface area contributed by atoms with Gasteiger partial charge in [0.25, 0.3) is 0 Å². The van der Waals surface area contributed by atoms with E-state index >= 15 is 0 Å². The summed E-state index contributed by atoms with van der Waals surface area (Å²) < 4.78 is 5.89. The number of nitrogens with one attached hydrogen (secondary N) is 1. The summed E-state index contributed by atoms with van der Waals surface area (Å²) in [5, 5.41) is 13.8. The highest BCUT2D eigenvalue weighted by molar-refractivity contribution is 5.91. The van der Waals surface area contributed by atoms with E-state index in [-0.39, 0.29) is 0 Å². The van der Waals surface area contributed by atoms with E-state index in [1.807, 2.05) is 54.6 Å². The van der Waals surface area contributed by atoms with Crippen molar-refractivity contribution in [2.45, 2.75) is 6.54 Å². The smallest absolute Gasteiger partial charge is 0.141 e. The lowest BCUT2D eigenvalue weighted by molar-refractivity contribution is 0.217. The van der Waals surface area contributed by atoms with Crippen molar-refractivity contribution in [1.29, 1.82) is 0 Å². The number of hydrogen-bond donors (Lipinski definition) is 2. The van der Waals surface area contributed by atoms with E-state index in [2.05, 4.69) is 38.4 Å². The fraction of sp³-hybridized carbons (Fsp3) is 0.259. The molecule has 4 aromatic rings. The zero-order chi connectivity index (χ0) is 22.2. The van der Waals surface area contributed by atoms with E-state index in [0.717, 1.165) is 53.5 Å². The van der Waals surface area contributed by atoms with E-state index < -0.39 is 0 Å². The molecule has 1 aliphatic carbocycles. The number of rotatable bonds is 7. The molecule has 6 rings (SSSR count). The number of aliphatic hydroxyl groups excluding tert-OH is 1. The molecule has 1 aliphatic heterocycles. The van der Waals surface area contributed by atoms with Crippen molar-refractivity contribution in [2.75, 3.05) is 25.0 Å². The van der Waals surface area contributed by atoms with Crippen LogP contribution in [0.3, 0.4) is 0 Å². The standard InChI is InChI=1S/C27H26N4O2/c32-16-25-23-14-31(15-24(23)25)13-18-6-11-26-22(12-18)27(29-17-28-26)30-19-7-9-21(10-8-19)33-20-4-2-1-3-5-20/h1-12,17,23-25,32H,13-16H2,(H,28,29,30). The molecule has 1 saturated heterocycles. The molecule has 1 aromatic heterocycles. The molecule has 0 spiro atoms. The maximum Gasteiger partial charge on any atom is 0.141 e. The monoisotopic (exact) mass is 438 g/mol. The Bertz CT molecular complexity index is 1250. The summed E-state index contributed by atoms with van der Waals surface area (Å²) in [5.74, 6) is 4.30. The molecule has 2 atom stereocenters. The second-order valence-electron chi connectivity index (χ2n) is 9.01. The molecule has 2 heterocycles. The van der Waals surface area contributed by atoms with Crippen LogP contribution >= 0.6 is 0 Å². The van der Waals surface area contributed by atoms with Gasteiger partial charge < -0.3 is 15.2 Å². The molecule has 6 heteroatoms. The largest absolute Gasteiger partial charge is 0.457 e. The second kappa shape index (κ2) is 8.46. The van der Waals surface area contributed by atoms with Crippen molar-refractivity contribution in [3.8, 4) is 11.5 Å². The lowest BCUT2D eigenvalue weighted by atomic mass is 10.1. The third-order valence-electron chi connectivity index (χ3n) is 6.86. The van der Waals surface area contributed by atoms with Crippen LogP contribution in [0.15, 0.2) is 79.1 Å². The summed E-state index contributed by atoms with van der Waals surface area (Å²) in [6.45, 7) is 3.43. The molecule has 0 bridgehead atoms. The van der Waals surface area contributed by atoms with Gasteiger partial charge in [0, 0.05) is 37.3 Å². The Hall–Kier alpha value is -3.48. The zero-order valence-corrected chi connectivity index (χ0v) is 18.3. The minimum absolute atomic E-state index is 0.338. The van der Waals surface area contributed by atoms with Crippen molar-refractivity contribution in [3.63, 3.8) is 0 Å². The van der Waals surface area contributed by atoms with Gasteiger partial charge in [0.1, 0.15) is 23.6 Å². The predicted molar refractivity (Wildman–Crippen MR) is 129 cm³/mol. The number of anilines is 2. The maximum absolute atomic E-state index is 9.39. The van der Waals surface area contributed by atoms with E-state index in [1.54, 1.807) is 6.33 Å². The molecule has 2 fully saturated rings. The molecule has 1 saturated carbocycles. The Morgan fingerprint density at radius 3 is 2.42 bits per heavy atom. The van der Waals surface area contributed by atoms with Gasteiger partial charge in [-0.2, -0.15) is 0 Å². The van der Waals surface area contributed by atoms with Crippen molar-refractivity contribution in [1.82, 2.24) is 14.9 Å². The van der Waals surface area contributed by atoms with E-state index in [0.29, 0.717) is 24.4 Å². The fourth-order valence-corrected chi connectivity index (χ4v) is 5.06. The summed E-state index contributed by atoms with van der Waals surface area (Å²) in [6, 6.07) is 24.1. The van der Waals surface area contributed by atoms with Crippen LogP contribution in [-0.2, 0) is 6.54 Å². The van der Waals surface area contributed by atoms with E-state index in [1.165, 1.54) is 5.56 Å². The topological polar surface area (TPSA) is 70.5 Å². The van der Waals surface area contributed by atoms with Crippen LogP contribution in [0.2, 0.25) is 0 Å². The van der Waals surface area contributed by atoms with Crippen LogP contribution in [0.5, 0.6) is 11.5 Å². The number of benzene rings is 3. The first kappa shape index (κ1) is 20.1. The normalized spacial score (nSPS) is 21.7. The number of aromatic nitrogens is 2. The minimum Gasteiger partial charge on any atom is -0.457 e. The highest BCUT2D eigenvalue weighted by Crippen LogP contribution is 2.51. The summed E-state index contributed by atoms with van der Waals surface area (Å²) >= 11 is 0. The number of para-hydroxylation sites is 1. The summed E-state index contributed by atoms with van der Waals surface area (Å²) in [4.78, 5) is 11.4. The lowest BCUT2D eigenvalue weighted by Gasteiger charge is -2.19. The third-order valence-corrected chi connectivity index (χ3v) is 6.86. The molecule has 6 nitrogen and oxygen atoms in total. The quantitative estimate of drug-likeness (QED) is 0.430. The number of piperidine rings is 1. The molecule has 3 aromatic carbocycles. The Morgan fingerprint density at radius 2 is 1.67 bits per heavy atom. The third kappa shape index (κ3) is 4.15. The Balaban J connectivity index is 1.17. The molecule has 33 heavy (non-hydrogen) atoms. The number of nitrogens with zero attached hydrogens (tertiary/aromatic N) is 3. The van der Waals surface area contributed by atoms with Gasteiger partial charge in [-0.1, -0.05) is 24.3 Å². The SMILES string of the molecule is OCC1C2CN(Cc3ccc4ncnc(Nc5ccc(Oc6ccccc6)cc5)c4c3)CC12. The Kier molecular flexibility index (Phi) is 5.17. The second-order valence-corrected chi connectivity index (χ2v) is 9.01. The number of hydrogen-bond acceptors (Lipinski definition) is 6. The first-order chi connectivity index (χ1) is 16.3. The van der Waals surface area contributed by atoms with E-state index in [4.69, 9.17) is 4.74 Å². The summed E-state index contributed by atoms with van der Waals surface area (Å²) in [5.41, 5.74) is 3.12. The van der Waals surface area contributed by atoms with Crippen molar-refractivity contribution < 1.29 is 9.84 Å². The number of ether oxygens (including phenoxy) is 1. The van der Waals surface area contributed by atoms with Crippen LogP contribution in [0.4, 0.5) is 11.5 Å². The Labute approximate surface area is 192 Å². The van der Waals surface area contributed by atoms with Crippen LogP contribution in [0, 0.1) is 17.8 Å². The Morgan fingerprint density at radius 1 is 0.909 bits per heavy atom. The van der Waals surface area contributed by atoms with Crippen molar-refractivity contribution >= 4 is 22.4 Å². The average molecular weight is 439 g/mol. The molecule has 0 amide bonds. The minimum atomic E-state index is 0.338. The number of likely N-dealkylation sites (tertiary alicyclic amines) is 1. The maximum atomic E-state index is 9.39. The first-order valence-corrected chi connectivity index (χ1v) is 11.4. The first-order valence-electron chi connectivity index (χ1n) is 11.4. The van der Waals surface area contributed by atoms with Gasteiger partial charge in [-0.15, -0.1) is 0 Å². The fourth-order valence-electron chi connectivity index (χ4n) is 5.06. The lowest BCUT2D eigenvalue weighted by Crippen LogP contribution is -2.24. The van der Waals surface area contributed by atoms with E-state index in [9.17, 15) is 5.11 Å². The van der Waals surface area contributed by atoms with Gasteiger partial charge in [0.05, 0.1) is 5.52 Å². The van der Waals surface area contributed by atoms with Gasteiger partial charge in [-0.3, -0.25) is 4.90 Å². The molecule has 166 valence electrons. The van der Waals surface area contributed by atoms with Crippen LogP contribution in [0.1, 0.15) is 5.56 Å². The van der Waals surface area contributed by atoms with Gasteiger partial charge in [-0.05, 0) is 71.8 Å². The summed E-state index contributed by atoms with van der Waals surface area (Å²) in [6.07, 6.45) is 1.60. The van der Waals surface area contributed by atoms with Crippen molar-refractivity contribution in [2.24, 2.45) is 17.8 Å². The van der Waals surface area contributed by atoms with Crippen molar-refractivity contribution in [3.05, 3.63) is 84.7 Å².